The Labute approximate surface area is 160 Å². The van der Waals surface area contributed by atoms with E-state index in [9.17, 15) is 9.90 Å². The molecule has 2 rings (SSSR count). The fourth-order valence-electron chi connectivity index (χ4n) is 3.32. The van der Waals surface area contributed by atoms with Crippen molar-refractivity contribution in [1.29, 1.82) is 0 Å². The number of esters is 1. The van der Waals surface area contributed by atoms with Crippen molar-refractivity contribution in [2.45, 2.75) is 45.1 Å². The van der Waals surface area contributed by atoms with Crippen LogP contribution >= 0.6 is 11.3 Å². The van der Waals surface area contributed by atoms with E-state index in [1.807, 2.05) is 17.5 Å². The number of ether oxygens (including phenoxy) is 1. The Hall–Kier alpha value is -0.430. The molecule has 0 spiro atoms. The fraction of sp³-hybridized carbons (Fsp3) is 0.722. The minimum absolute atomic E-state index is 0. The summed E-state index contributed by atoms with van der Waals surface area (Å²) in [5.41, 5.74) is -1.47. The van der Waals surface area contributed by atoms with Gasteiger partial charge in [0.1, 0.15) is 13.2 Å². The highest BCUT2D eigenvalue weighted by atomic mass is 79.9. The second kappa shape index (κ2) is 9.32. The highest BCUT2D eigenvalue weighted by Gasteiger charge is 2.48. The van der Waals surface area contributed by atoms with Gasteiger partial charge in [-0.15, -0.1) is 11.3 Å². The van der Waals surface area contributed by atoms with Gasteiger partial charge in [-0.05, 0) is 38.1 Å². The maximum absolute atomic E-state index is 12.7. The standard InChI is InChI=1S/C18H30NO3S.BrH/c1-4-19(3,5-2)12-13-22-17(20)18(21,15-9-6-7-10-15)16-11-8-14-23-16;/h8,11,14-15,21H,4-7,9-10,12-13H2,1-3H3;1H/q+1;/p-1. The first-order chi connectivity index (χ1) is 11.0. The van der Waals surface area contributed by atoms with Crippen molar-refractivity contribution in [2.75, 3.05) is 33.3 Å². The van der Waals surface area contributed by atoms with Crippen molar-refractivity contribution in [3.63, 3.8) is 0 Å². The van der Waals surface area contributed by atoms with Crippen LogP contribution < -0.4 is 17.0 Å². The topological polar surface area (TPSA) is 46.5 Å². The van der Waals surface area contributed by atoms with Crippen molar-refractivity contribution < 1.29 is 36.1 Å². The number of hydrogen-bond acceptors (Lipinski definition) is 4. The molecule has 4 nitrogen and oxygen atoms in total. The van der Waals surface area contributed by atoms with Crippen LogP contribution in [0.2, 0.25) is 0 Å². The summed E-state index contributed by atoms with van der Waals surface area (Å²) in [7, 11) is 2.16. The van der Waals surface area contributed by atoms with Gasteiger partial charge in [0.05, 0.1) is 20.1 Å². The number of thiophene rings is 1. The van der Waals surface area contributed by atoms with Gasteiger partial charge in [0, 0.05) is 10.8 Å². The third-order valence-electron chi connectivity index (χ3n) is 5.55. The second-order valence-electron chi connectivity index (χ2n) is 6.84. The molecule has 1 aliphatic rings. The van der Waals surface area contributed by atoms with Gasteiger partial charge in [0.2, 0.25) is 0 Å². The molecule has 1 aromatic rings. The van der Waals surface area contributed by atoms with Crippen LogP contribution in [0.1, 0.15) is 44.4 Å². The lowest BCUT2D eigenvalue weighted by atomic mass is 9.84. The molecule has 1 fully saturated rings. The largest absolute Gasteiger partial charge is 1.00 e. The average molecular weight is 420 g/mol. The van der Waals surface area contributed by atoms with Crippen LogP contribution in [0.15, 0.2) is 17.5 Å². The van der Waals surface area contributed by atoms with Gasteiger partial charge in [-0.3, -0.25) is 0 Å². The number of carbonyl (C=O) groups is 1. The van der Waals surface area contributed by atoms with Gasteiger partial charge < -0.3 is 31.3 Å². The Kier molecular flexibility index (Phi) is 8.39. The zero-order valence-corrected chi connectivity index (χ0v) is 17.4. The van der Waals surface area contributed by atoms with Crippen LogP contribution in [-0.4, -0.2) is 48.8 Å². The molecule has 6 heteroatoms. The Bertz CT molecular complexity index is 498. The summed E-state index contributed by atoms with van der Waals surface area (Å²) >= 11 is 1.44. The number of carbonyl (C=O) groups excluding carboxylic acids is 1. The first-order valence-corrected chi connectivity index (χ1v) is 9.61. The predicted molar refractivity (Wildman–Crippen MR) is 93.3 cm³/mol. The maximum Gasteiger partial charge on any atom is 0.344 e. The first kappa shape index (κ1) is 21.6. The van der Waals surface area contributed by atoms with Crippen LogP contribution in [0, 0.1) is 5.92 Å². The molecule has 0 bridgehead atoms. The molecule has 1 heterocycles. The third kappa shape index (κ3) is 4.59. The van der Waals surface area contributed by atoms with Crippen molar-refractivity contribution >= 4 is 17.3 Å². The molecule has 0 aromatic carbocycles. The van der Waals surface area contributed by atoms with Gasteiger partial charge in [-0.2, -0.15) is 0 Å². The molecule has 1 unspecified atom stereocenters. The molecule has 24 heavy (non-hydrogen) atoms. The predicted octanol–water partition coefficient (Wildman–Crippen LogP) is 0.160. The molecule has 0 saturated heterocycles. The summed E-state index contributed by atoms with van der Waals surface area (Å²) in [5.74, 6) is -0.488. The van der Waals surface area contributed by atoms with Crippen LogP contribution in [0.3, 0.4) is 0 Å². The highest BCUT2D eigenvalue weighted by molar-refractivity contribution is 7.10. The van der Waals surface area contributed by atoms with E-state index in [0.717, 1.165) is 54.7 Å². The Morgan fingerprint density at radius 3 is 2.50 bits per heavy atom. The van der Waals surface area contributed by atoms with Crippen LogP contribution in [0.25, 0.3) is 0 Å². The second-order valence-corrected chi connectivity index (χ2v) is 7.78. The monoisotopic (exact) mass is 419 g/mol. The average Bonchev–Trinajstić information content (AvgIpc) is 3.26. The lowest BCUT2D eigenvalue weighted by Gasteiger charge is -2.33. The van der Waals surface area contributed by atoms with E-state index in [1.165, 1.54) is 11.3 Å². The van der Waals surface area contributed by atoms with Gasteiger partial charge in [0.25, 0.3) is 0 Å². The summed E-state index contributed by atoms with van der Waals surface area (Å²) in [6.07, 6.45) is 3.93. The van der Waals surface area contributed by atoms with Gasteiger partial charge >= 0.3 is 5.97 Å². The summed E-state index contributed by atoms with van der Waals surface area (Å²) in [6, 6.07) is 3.73. The molecular weight excluding hydrogens is 390 g/mol. The van der Waals surface area contributed by atoms with Gasteiger partial charge in [0.15, 0.2) is 5.60 Å². The van der Waals surface area contributed by atoms with E-state index < -0.39 is 11.6 Å². The molecule has 0 amide bonds. The van der Waals surface area contributed by atoms with E-state index in [0.29, 0.717) is 6.61 Å². The van der Waals surface area contributed by atoms with E-state index >= 15 is 0 Å². The fourth-order valence-corrected chi connectivity index (χ4v) is 4.21. The van der Waals surface area contributed by atoms with Crippen molar-refractivity contribution in [3.8, 4) is 0 Å². The zero-order valence-electron chi connectivity index (χ0n) is 15.0. The number of quaternary nitrogens is 1. The normalized spacial score (nSPS) is 18.0. The summed E-state index contributed by atoms with van der Waals surface area (Å²) in [6.45, 7) is 7.44. The van der Waals surface area contributed by atoms with Gasteiger partial charge in [-0.1, -0.05) is 18.9 Å². The van der Waals surface area contributed by atoms with Gasteiger partial charge in [-0.25, -0.2) is 4.79 Å². The molecule has 1 aliphatic carbocycles. The van der Waals surface area contributed by atoms with Crippen molar-refractivity contribution in [3.05, 3.63) is 22.4 Å². The first-order valence-electron chi connectivity index (χ1n) is 8.73. The Morgan fingerprint density at radius 1 is 1.38 bits per heavy atom. The third-order valence-corrected chi connectivity index (χ3v) is 6.54. The SMILES string of the molecule is CC[N+](C)(CC)CCOC(=O)C(O)(c1cccs1)C1CCCC1.[Br-]. The van der Waals surface area contributed by atoms with Crippen molar-refractivity contribution in [1.82, 2.24) is 0 Å². The highest BCUT2D eigenvalue weighted by Crippen LogP contribution is 2.43. The smallest absolute Gasteiger partial charge is 0.344 e. The maximum atomic E-state index is 12.7. The van der Waals surface area contributed by atoms with E-state index in [4.69, 9.17) is 4.74 Å². The summed E-state index contributed by atoms with van der Waals surface area (Å²) in [4.78, 5) is 13.5. The molecule has 0 aliphatic heterocycles. The molecular formula is C18H30BrNO3S. The van der Waals surface area contributed by atoms with E-state index in [-0.39, 0.29) is 22.9 Å². The molecule has 1 aromatic heterocycles. The molecule has 1 N–H and O–H groups in total. The summed E-state index contributed by atoms with van der Waals surface area (Å²) in [5, 5.41) is 13.1. The number of rotatable bonds is 8. The number of halogens is 1. The van der Waals surface area contributed by atoms with Crippen LogP contribution in [0.5, 0.6) is 0 Å². The van der Waals surface area contributed by atoms with E-state index in [1.54, 1.807) is 0 Å². The molecule has 1 saturated carbocycles. The van der Waals surface area contributed by atoms with Crippen molar-refractivity contribution in [2.24, 2.45) is 5.92 Å². The van der Waals surface area contributed by atoms with Crippen LogP contribution in [0.4, 0.5) is 0 Å². The number of likely N-dealkylation sites (N-methyl/N-ethyl adjacent to an activating group) is 1. The Morgan fingerprint density at radius 2 is 2.00 bits per heavy atom. The van der Waals surface area contributed by atoms with Crippen LogP contribution in [-0.2, 0) is 15.1 Å². The minimum Gasteiger partial charge on any atom is -1.00 e. The lowest BCUT2D eigenvalue weighted by Crippen LogP contribution is -3.00. The van der Waals surface area contributed by atoms with E-state index in [2.05, 4.69) is 20.9 Å². The number of aliphatic hydroxyl groups is 1. The molecule has 0 radical (unpaired) electrons. The zero-order chi connectivity index (χ0) is 16.9. The number of hydrogen-bond donors (Lipinski definition) is 1. The number of nitrogens with zero attached hydrogens (tertiary/aromatic N) is 1. The minimum atomic E-state index is -1.47. The lowest BCUT2D eigenvalue weighted by molar-refractivity contribution is -0.906. The molecule has 1 atom stereocenters. The quantitative estimate of drug-likeness (QED) is 0.482. The Balaban J connectivity index is 0.00000288. The summed E-state index contributed by atoms with van der Waals surface area (Å²) < 4.78 is 6.41. The molecule has 138 valence electrons.